The van der Waals surface area contributed by atoms with E-state index in [4.69, 9.17) is 17.3 Å². The van der Waals surface area contributed by atoms with Gasteiger partial charge in [0.05, 0.1) is 0 Å². The lowest BCUT2D eigenvalue weighted by Crippen LogP contribution is -2.22. The van der Waals surface area contributed by atoms with Crippen molar-refractivity contribution < 1.29 is 0 Å². The van der Waals surface area contributed by atoms with Crippen LogP contribution in [0.25, 0.3) is 0 Å². The number of rotatable bonds is 4. The van der Waals surface area contributed by atoms with Crippen LogP contribution in [0.2, 0.25) is 5.02 Å². The molecule has 84 valence electrons. The smallest absolute Gasteiger partial charge is 0.0426 e. The molecule has 0 heterocycles. The Morgan fingerprint density at radius 3 is 2.67 bits per heavy atom. The summed E-state index contributed by atoms with van der Waals surface area (Å²) in [7, 11) is 2.07. The summed E-state index contributed by atoms with van der Waals surface area (Å²) >= 11 is 6.00. The maximum atomic E-state index is 6.00. The van der Waals surface area contributed by atoms with Crippen LogP contribution in [0.5, 0.6) is 0 Å². The molecule has 0 saturated heterocycles. The Kier molecular flexibility index (Phi) is 4.43. The van der Waals surface area contributed by atoms with Crippen molar-refractivity contribution in [2.24, 2.45) is 5.73 Å². The van der Waals surface area contributed by atoms with E-state index in [2.05, 4.69) is 24.9 Å². The van der Waals surface area contributed by atoms with Gasteiger partial charge in [-0.1, -0.05) is 17.7 Å². The highest BCUT2D eigenvalue weighted by atomic mass is 35.5. The summed E-state index contributed by atoms with van der Waals surface area (Å²) in [6, 6.07) is 6.16. The van der Waals surface area contributed by atoms with Crippen molar-refractivity contribution in [2.75, 3.05) is 18.5 Å². The van der Waals surface area contributed by atoms with Crippen molar-refractivity contribution in [1.29, 1.82) is 0 Å². The van der Waals surface area contributed by atoms with Crippen LogP contribution in [-0.4, -0.2) is 19.6 Å². The van der Waals surface area contributed by atoms with Crippen LogP contribution in [0.3, 0.4) is 0 Å². The molecule has 3 heteroatoms. The van der Waals surface area contributed by atoms with Crippen molar-refractivity contribution in [2.45, 2.75) is 26.3 Å². The molecule has 2 nitrogen and oxygen atoms in total. The highest BCUT2D eigenvalue weighted by Crippen LogP contribution is 2.24. The summed E-state index contributed by atoms with van der Waals surface area (Å²) in [5, 5.41) is 0.777. The Hall–Kier alpha value is -0.730. The zero-order valence-electron chi connectivity index (χ0n) is 9.63. The van der Waals surface area contributed by atoms with Crippen molar-refractivity contribution in [3.05, 3.63) is 28.8 Å². The molecule has 1 rings (SSSR count). The molecule has 0 spiro atoms. The summed E-state index contributed by atoms with van der Waals surface area (Å²) in [6.07, 6.45) is 0.886. The molecule has 0 saturated carbocycles. The van der Waals surface area contributed by atoms with Gasteiger partial charge in [-0.3, -0.25) is 0 Å². The van der Waals surface area contributed by atoms with E-state index >= 15 is 0 Å². The number of benzene rings is 1. The summed E-state index contributed by atoms with van der Waals surface area (Å²) in [5.41, 5.74) is 8.27. The number of nitrogens with two attached hydrogens (primary N) is 1. The fraction of sp³-hybridized carbons (Fsp3) is 0.500. The summed E-state index contributed by atoms with van der Waals surface area (Å²) < 4.78 is 0. The van der Waals surface area contributed by atoms with E-state index in [1.165, 1.54) is 11.3 Å². The molecule has 0 aliphatic carbocycles. The minimum Gasteiger partial charge on any atom is -0.375 e. The fourth-order valence-electron chi connectivity index (χ4n) is 1.58. The molecule has 0 bridgehead atoms. The average molecular weight is 227 g/mol. The van der Waals surface area contributed by atoms with Gasteiger partial charge in [-0.15, -0.1) is 0 Å². The van der Waals surface area contributed by atoms with E-state index in [1.807, 2.05) is 19.1 Å². The number of halogens is 1. The Morgan fingerprint density at radius 1 is 1.47 bits per heavy atom. The summed E-state index contributed by atoms with van der Waals surface area (Å²) in [6.45, 7) is 5.10. The molecule has 1 aromatic rings. The minimum atomic E-state index is 0.176. The molecule has 15 heavy (non-hydrogen) atoms. The van der Waals surface area contributed by atoms with Gasteiger partial charge >= 0.3 is 0 Å². The first-order valence-corrected chi connectivity index (χ1v) is 5.67. The molecule has 0 aromatic heterocycles. The molecule has 2 N–H and O–H groups in total. The molecule has 1 unspecified atom stereocenters. The Bertz CT molecular complexity index is 323. The van der Waals surface area contributed by atoms with Crippen LogP contribution in [-0.2, 0) is 6.42 Å². The molecule has 0 fully saturated rings. The first-order chi connectivity index (χ1) is 7.04. The second-order valence-corrected chi connectivity index (χ2v) is 4.41. The first kappa shape index (κ1) is 12.3. The van der Waals surface area contributed by atoms with E-state index in [0.717, 1.165) is 18.0 Å². The summed E-state index contributed by atoms with van der Waals surface area (Å²) in [4.78, 5) is 2.18. The lowest BCUT2D eigenvalue weighted by molar-refractivity contribution is 0.735. The summed E-state index contributed by atoms with van der Waals surface area (Å²) in [5.74, 6) is 0. The van der Waals surface area contributed by atoms with Gasteiger partial charge in [0, 0.05) is 30.3 Å². The third-order valence-electron chi connectivity index (χ3n) is 2.47. The molecular weight excluding hydrogens is 208 g/mol. The van der Waals surface area contributed by atoms with Crippen molar-refractivity contribution in [1.82, 2.24) is 0 Å². The van der Waals surface area contributed by atoms with Crippen LogP contribution in [0.4, 0.5) is 5.69 Å². The van der Waals surface area contributed by atoms with Crippen molar-refractivity contribution in [3.8, 4) is 0 Å². The quantitative estimate of drug-likeness (QED) is 0.856. The Labute approximate surface area is 97.0 Å². The third kappa shape index (κ3) is 3.40. The predicted molar refractivity (Wildman–Crippen MR) is 67.7 cm³/mol. The van der Waals surface area contributed by atoms with Gasteiger partial charge in [0.2, 0.25) is 0 Å². The lowest BCUT2D eigenvalue weighted by Gasteiger charge is -2.21. The second-order valence-electron chi connectivity index (χ2n) is 3.97. The lowest BCUT2D eigenvalue weighted by atomic mass is 10.0. The topological polar surface area (TPSA) is 29.3 Å². The highest BCUT2D eigenvalue weighted by molar-refractivity contribution is 6.30. The van der Waals surface area contributed by atoms with Crippen LogP contribution >= 0.6 is 11.6 Å². The molecule has 1 atom stereocenters. The van der Waals surface area contributed by atoms with Gasteiger partial charge in [-0.2, -0.15) is 0 Å². The van der Waals surface area contributed by atoms with Gasteiger partial charge < -0.3 is 10.6 Å². The molecule has 0 radical (unpaired) electrons. The van der Waals surface area contributed by atoms with Gasteiger partial charge in [0.25, 0.3) is 0 Å². The van der Waals surface area contributed by atoms with E-state index in [9.17, 15) is 0 Å². The normalized spacial score (nSPS) is 12.6. The van der Waals surface area contributed by atoms with Gasteiger partial charge in [-0.25, -0.2) is 0 Å². The zero-order chi connectivity index (χ0) is 11.4. The Morgan fingerprint density at radius 2 is 2.13 bits per heavy atom. The standard InChI is InChI=1S/C12H19ClN2/c1-4-15(3)12-8-11(13)6-5-10(12)7-9(2)14/h5-6,8-9H,4,7,14H2,1-3H3. The van der Waals surface area contributed by atoms with Gasteiger partial charge in [0.15, 0.2) is 0 Å². The van der Waals surface area contributed by atoms with Crippen molar-refractivity contribution in [3.63, 3.8) is 0 Å². The largest absolute Gasteiger partial charge is 0.375 e. The van der Waals surface area contributed by atoms with E-state index in [0.29, 0.717) is 0 Å². The number of hydrogen-bond donors (Lipinski definition) is 1. The van der Waals surface area contributed by atoms with Crippen molar-refractivity contribution >= 4 is 17.3 Å². The first-order valence-electron chi connectivity index (χ1n) is 5.29. The van der Waals surface area contributed by atoms with Gasteiger partial charge in [-0.05, 0) is 38.0 Å². The van der Waals surface area contributed by atoms with E-state index in [1.54, 1.807) is 0 Å². The molecule has 0 aliphatic rings. The predicted octanol–water partition coefficient (Wildman–Crippen LogP) is 2.69. The van der Waals surface area contributed by atoms with Crippen LogP contribution < -0.4 is 10.6 Å². The van der Waals surface area contributed by atoms with E-state index < -0.39 is 0 Å². The van der Waals surface area contributed by atoms with E-state index in [-0.39, 0.29) is 6.04 Å². The minimum absolute atomic E-state index is 0.176. The molecule has 0 aliphatic heterocycles. The maximum Gasteiger partial charge on any atom is 0.0426 e. The SMILES string of the molecule is CCN(C)c1cc(Cl)ccc1CC(C)N. The van der Waals surface area contributed by atoms with Crippen LogP contribution in [0.15, 0.2) is 18.2 Å². The number of nitrogens with zero attached hydrogens (tertiary/aromatic N) is 1. The highest BCUT2D eigenvalue weighted by Gasteiger charge is 2.08. The van der Waals surface area contributed by atoms with Crippen LogP contribution in [0.1, 0.15) is 19.4 Å². The number of anilines is 1. The zero-order valence-corrected chi connectivity index (χ0v) is 10.4. The molecule has 0 amide bonds. The third-order valence-corrected chi connectivity index (χ3v) is 2.71. The maximum absolute atomic E-state index is 6.00. The molecular formula is C12H19ClN2. The number of hydrogen-bond acceptors (Lipinski definition) is 2. The van der Waals surface area contributed by atoms with Crippen LogP contribution in [0, 0.1) is 0 Å². The fourth-order valence-corrected chi connectivity index (χ4v) is 1.75. The second kappa shape index (κ2) is 5.38. The monoisotopic (exact) mass is 226 g/mol. The average Bonchev–Trinajstić information content (AvgIpc) is 2.19. The van der Waals surface area contributed by atoms with Gasteiger partial charge in [0.1, 0.15) is 0 Å². The Balaban J connectivity index is 3.02. The molecule has 1 aromatic carbocycles.